The van der Waals surface area contributed by atoms with Gasteiger partial charge in [0.1, 0.15) is 18.0 Å². The molecule has 142 valence electrons. The average molecular weight is 388 g/mol. The van der Waals surface area contributed by atoms with E-state index in [1.54, 1.807) is 24.7 Å². The lowest BCUT2D eigenvalue weighted by atomic mass is 10.3. The third-order valence-corrected chi connectivity index (χ3v) is 5.04. The van der Waals surface area contributed by atoms with Crippen molar-refractivity contribution >= 4 is 33.4 Å². The summed E-state index contributed by atoms with van der Waals surface area (Å²) < 4.78 is 14.3. The van der Waals surface area contributed by atoms with Crippen LogP contribution in [0.4, 0.5) is 0 Å². The van der Waals surface area contributed by atoms with Crippen LogP contribution in [0.25, 0.3) is 10.2 Å². The first kappa shape index (κ1) is 18.8. The lowest BCUT2D eigenvalue weighted by Crippen LogP contribution is -2.23. The van der Waals surface area contributed by atoms with Gasteiger partial charge in [-0.05, 0) is 32.0 Å². The number of hydrogen-bond donors (Lipinski definition) is 0. The van der Waals surface area contributed by atoms with E-state index in [0.717, 1.165) is 21.5 Å². The van der Waals surface area contributed by atoms with Gasteiger partial charge in [-0.3, -0.25) is 14.3 Å². The highest BCUT2D eigenvalue weighted by Crippen LogP contribution is 2.23. The van der Waals surface area contributed by atoms with E-state index in [1.165, 1.54) is 23.1 Å². The Morgan fingerprint density at radius 2 is 2.11 bits per heavy atom. The molecule has 1 amide bonds. The van der Waals surface area contributed by atoms with E-state index < -0.39 is 11.9 Å². The number of aromatic nitrogens is 3. The van der Waals surface area contributed by atoms with Crippen LogP contribution in [0, 0.1) is 6.92 Å². The fourth-order valence-electron chi connectivity index (χ4n) is 2.74. The fraction of sp³-hybridized carbons (Fsp3) is 0.333. The highest BCUT2D eigenvalue weighted by molar-refractivity contribution is 7.16. The van der Waals surface area contributed by atoms with Crippen LogP contribution in [0.5, 0.6) is 5.75 Å². The molecular weight excluding hydrogens is 368 g/mol. The van der Waals surface area contributed by atoms with Crippen molar-refractivity contribution in [3.05, 3.63) is 40.5 Å². The number of carbonyl (C=O) groups is 2. The van der Waals surface area contributed by atoms with Gasteiger partial charge in [0.05, 0.1) is 30.1 Å². The predicted octanol–water partition coefficient (Wildman–Crippen LogP) is 2.06. The van der Waals surface area contributed by atoms with E-state index in [4.69, 9.17) is 9.47 Å². The maximum atomic E-state index is 12.7. The quantitative estimate of drug-likeness (QED) is 0.625. The average Bonchev–Trinajstić information content (AvgIpc) is 3.14. The number of fused-ring (bicyclic) bond motifs is 1. The minimum absolute atomic E-state index is 0.0407. The first-order valence-electron chi connectivity index (χ1n) is 8.35. The number of hydrogen-bond acceptors (Lipinski definition) is 6. The van der Waals surface area contributed by atoms with Gasteiger partial charge in [0.25, 0.3) is 5.91 Å². The summed E-state index contributed by atoms with van der Waals surface area (Å²) in [4.78, 5) is 29.2. The van der Waals surface area contributed by atoms with E-state index in [9.17, 15) is 9.59 Å². The first-order valence-corrected chi connectivity index (χ1v) is 9.17. The number of thiazole rings is 1. The summed E-state index contributed by atoms with van der Waals surface area (Å²) in [5, 5.41) is 4.08. The molecule has 0 aliphatic heterocycles. The molecule has 2 aromatic heterocycles. The van der Waals surface area contributed by atoms with Crippen LogP contribution in [0.2, 0.25) is 0 Å². The van der Waals surface area contributed by atoms with E-state index >= 15 is 0 Å². The molecule has 3 rings (SSSR count). The van der Waals surface area contributed by atoms with E-state index in [2.05, 4.69) is 10.1 Å². The minimum atomic E-state index is -0.422. The van der Waals surface area contributed by atoms with Crippen LogP contribution in [-0.2, 0) is 23.1 Å². The zero-order valence-corrected chi connectivity index (χ0v) is 16.4. The second-order valence-electron chi connectivity index (χ2n) is 5.83. The zero-order chi connectivity index (χ0) is 19.6. The molecule has 0 atom stereocenters. The number of amides is 1. The summed E-state index contributed by atoms with van der Waals surface area (Å²) in [6, 6.07) is 5.54. The molecule has 0 radical (unpaired) electrons. The number of ether oxygens (including phenoxy) is 2. The number of carbonyl (C=O) groups excluding carboxylic acids is 2. The number of benzene rings is 1. The number of methoxy groups -OCH3 is 1. The van der Waals surface area contributed by atoms with Crippen molar-refractivity contribution in [3.63, 3.8) is 0 Å². The first-order chi connectivity index (χ1) is 12.9. The normalized spacial score (nSPS) is 11.8. The molecule has 0 N–H and O–H groups in total. The van der Waals surface area contributed by atoms with E-state index in [1.807, 2.05) is 25.1 Å². The number of esters is 1. The molecule has 3 aromatic rings. The van der Waals surface area contributed by atoms with Crippen LogP contribution in [0.3, 0.4) is 0 Å². The predicted molar refractivity (Wildman–Crippen MR) is 101 cm³/mol. The molecule has 0 bridgehead atoms. The van der Waals surface area contributed by atoms with E-state index in [-0.39, 0.29) is 6.54 Å². The van der Waals surface area contributed by atoms with Gasteiger partial charge in [-0.15, -0.1) is 0 Å². The van der Waals surface area contributed by atoms with Crippen molar-refractivity contribution in [1.82, 2.24) is 14.3 Å². The van der Waals surface area contributed by atoms with Gasteiger partial charge in [0, 0.05) is 12.6 Å². The van der Waals surface area contributed by atoms with Gasteiger partial charge >= 0.3 is 5.97 Å². The maximum Gasteiger partial charge on any atom is 0.325 e. The molecule has 0 saturated heterocycles. The van der Waals surface area contributed by atoms with Gasteiger partial charge < -0.3 is 14.0 Å². The molecule has 0 aliphatic carbocycles. The number of aryl methyl sites for hydroxylation is 2. The Kier molecular flexibility index (Phi) is 5.41. The summed E-state index contributed by atoms with van der Waals surface area (Å²) in [6.07, 6.45) is 1.62. The Morgan fingerprint density at radius 1 is 1.33 bits per heavy atom. The summed E-state index contributed by atoms with van der Waals surface area (Å²) in [6.45, 7) is 4.22. The lowest BCUT2D eigenvalue weighted by molar-refractivity contribution is -0.141. The highest BCUT2D eigenvalue weighted by Gasteiger charge is 2.16. The highest BCUT2D eigenvalue weighted by atomic mass is 32.1. The molecule has 0 spiro atoms. The van der Waals surface area contributed by atoms with Crippen LogP contribution in [-0.4, -0.2) is 39.9 Å². The van der Waals surface area contributed by atoms with Crippen molar-refractivity contribution in [1.29, 1.82) is 0 Å². The van der Waals surface area contributed by atoms with Crippen molar-refractivity contribution in [3.8, 4) is 5.75 Å². The Morgan fingerprint density at radius 3 is 2.74 bits per heavy atom. The SMILES string of the molecule is CCOc1ccc2c(c1)sc(=NC(=O)c1c(C)cnn1C)n2CC(=O)OC. The third-order valence-electron chi connectivity index (χ3n) is 4.00. The summed E-state index contributed by atoms with van der Waals surface area (Å²) in [5.41, 5.74) is 1.93. The Bertz CT molecular complexity index is 1060. The third kappa shape index (κ3) is 3.77. The van der Waals surface area contributed by atoms with Gasteiger partial charge in [0.15, 0.2) is 4.80 Å². The number of rotatable bonds is 5. The monoisotopic (exact) mass is 388 g/mol. The molecule has 0 fully saturated rings. The molecule has 0 aliphatic rings. The Labute approximate surface area is 159 Å². The molecule has 0 unspecified atom stereocenters. The lowest BCUT2D eigenvalue weighted by Gasteiger charge is -2.05. The van der Waals surface area contributed by atoms with E-state index in [0.29, 0.717) is 17.1 Å². The Hall–Kier alpha value is -2.94. The van der Waals surface area contributed by atoms with Gasteiger partial charge in [-0.1, -0.05) is 11.3 Å². The number of nitrogens with zero attached hydrogens (tertiary/aromatic N) is 4. The molecule has 9 heteroatoms. The molecule has 1 aromatic carbocycles. The largest absolute Gasteiger partial charge is 0.494 e. The topological polar surface area (TPSA) is 87.7 Å². The van der Waals surface area contributed by atoms with Gasteiger partial charge in [-0.25, -0.2) is 0 Å². The van der Waals surface area contributed by atoms with Gasteiger partial charge in [-0.2, -0.15) is 10.1 Å². The molecule has 27 heavy (non-hydrogen) atoms. The van der Waals surface area contributed by atoms with Crippen LogP contribution in [0.1, 0.15) is 23.0 Å². The molecule has 8 nitrogen and oxygen atoms in total. The molecule has 2 heterocycles. The van der Waals surface area contributed by atoms with Gasteiger partial charge in [0.2, 0.25) is 0 Å². The maximum absolute atomic E-state index is 12.7. The van der Waals surface area contributed by atoms with Crippen molar-refractivity contribution in [2.24, 2.45) is 12.0 Å². The minimum Gasteiger partial charge on any atom is -0.494 e. The summed E-state index contributed by atoms with van der Waals surface area (Å²) in [5.74, 6) is -0.117. The second-order valence-corrected chi connectivity index (χ2v) is 6.84. The molecular formula is C18H20N4O4S. The second kappa shape index (κ2) is 7.75. The smallest absolute Gasteiger partial charge is 0.325 e. The van der Waals surface area contributed by atoms with Crippen molar-refractivity contribution < 1.29 is 19.1 Å². The van der Waals surface area contributed by atoms with Crippen LogP contribution < -0.4 is 9.54 Å². The fourth-order valence-corrected chi connectivity index (χ4v) is 3.79. The standard InChI is InChI=1S/C18H20N4O4S/c1-5-26-12-6-7-13-14(8-12)27-18(22(13)10-15(23)25-4)20-17(24)16-11(2)9-19-21(16)3/h6-9H,5,10H2,1-4H3. The summed E-state index contributed by atoms with van der Waals surface area (Å²) >= 11 is 1.31. The molecule has 0 saturated carbocycles. The van der Waals surface area contributed by atoms with Crippen LogP contribution >= 0.6 is 11.3 Å². The van der Waals surface area contributed by atoms with Crippen molar-refractivity contribution in [2.45, 2.75) is 20.4 Å². The van der Waals surface area contributed by atoms with Crippen molar-refractivity contribution in [2.75, 3.05) is 13.7 Å². The van der Waals surface area contributed by atoms with Crippen LogP contribution in [0.15, 0.2) is 29.4 Å². The summed E-state index contributed by atoms with van der Waals surface area (Å²) in [7, 11) is 3.02. The zero-order valence-electron chi connectivity index (χ0n) is 15.6. The Balaban J connectivity index is 2.16.